The Balaban J connectivity index is 2.49. The topological polar surface area (TPSA) is 38.0 Å². The van der Waals surface area contributed by atoms with Crippen molar-refractivity contribution in [1.29, 1.82) is 0 Å². The fourth-order valence-corrected chi connectivity index (χ4v) is 2.27. The molecule has 0 radical (unpaired) electrons. The smallest absolute Gasteiger partial charge is 0.123 e. The molecule has 0 saturated heterocycles. The summed E-state index contributed by atoms with van der Waals surface area (Å²) in [6.07, 6.45) is 0. The van der Waals surface area contributed by atoms with E-state index in [0.717, 1.165) is 11.1 Å². The predicted octanol–water partition coefficient (Wildman–Crippen LogP) is 3.65. The van der Waals surface area contributed by atoms with E-state index >= 15 is 0 Å². The number of benzene rings is 2. The van der Waals surface area contributed by atoms with E-state index in [2.05, 4.69) is 5.43 Å². The van der Waals surface area contributed by atoms with Crippen molar-refractivity contribution in [3.05, 3.63) is 69.5 Å². The molecule has 0 fully saturated rings. The Labute approximate surface area is 117 Å². The average molecular weight is 279 g/mol. The number of halogens is 2. The van der Waals surface area contributed by atoms with E-state index in [1.807, 2.05) is 32.0 Å². The van der Waals surface area contributed by atoms with Crippen LogP contribution in [0.2, 0.25) is 5.02 Å². The van der Waals surface area contributed by atoms with Crippen LogP contribution in [0.1, 0.15) is 28.3 Å². The summed E-state index contributed by atoms with van der Waals surface area (Å²) >= 11 is 6.13. The summed E-state index contributed by atoms with van der Waals surface area (Å²) in [7, 11) is 0. The molecule has 2 aromatic carbocycles. The number of hydrogen-bond donors (Lipinski definition) is 2. The van der Waals surface area contributed by atoms with Crippen LogP contribution in [0.15, 0.2) is 36.4 Å². The normalized spacial score (nSPS) is 12.5. The first-order valence-corrected chi connectivity index (χ1v) is 6.39. The number of rotatable bonds is 3. The van der Waals surface area contributed by atoms with Crippen LogP contribution < -0.4 is 11.3 Å². The maximum absolute atomic E-state index is 13.4. The first-order chi connectivity index (χ1) is 9.02. The fraction of sp³-hybridized carbons (Fsp3) is 0.200. The lowest BCUT2D eigenvalue weighted by molar-refractivity contribution is 0.605. The number of aryl methyl sites for hydroxylation is 2. The van der Waals surface area contributed by atoms with Crippen molar-refractivity contribution in [3.8, 4) is 0 Å². The van der Waals surface area contributed by atoms with Crippen molar-refractivity contribution in [2.75, 3.05) is 0 Å². The van der Waals surface area contributed by atoms with Gasteiger partial charge in [-0.15, -0.1) is 0 Å². The maximum atomic E-state index is 13.4. The summed E-state index contributed by atoms with van der Waals surface area (Å²) in [6, 6.07) is 9.96. The second kappa shape index (κ2) is 5.70. The van der Waals surface area contributed by atoms with Crippen LogP contribution in [0.4, 0.5) is 4.39 Å². The first kappa shape index (κ1) is 14.0. The van der Waals surface area contributed by atoms with Gasteiger partial charge in [0, 0.05) is 5.02 Å². The Morgan fingerprint density at radius 2 is 1.84 bits per heavy atom. The lowest BCUT2D eigenvalue weighted by Gasteiger charge is -2.19. The third kappa shape index (κ3) is 2.95. The zero-order chi connectivity index (χ0) is 14.0. The molecule has 0 saturated carbocycles. The second-order valence-electron chi connectivity index (χ2n) is 4.61. The van der Waals surface area contributed by atoms with Crippen LogP contribution in [-0.4, -0.2) is 0 Å². The van der Waals surface area contributed by atoms with Crippen LogP contribution >= 0.6 is 11.6 Å². The van der Waals surface area contributed by atoms with Gasteiger partial charge in [-0.05, 0) is 54.3 Å². The molecule has 0 aliphatic carbocycles. The van der Waals surface area contributed by atoms with Crippen molar-refractivity contribution in [2.45, 2.75) is 19.9 Å². The van der Waals surface area contributed by atoms with E-state index in [9.17, 15) is 4.39 Å². The molecule has 100 valence electrons. The summed E-state index contributed by atoms with van der Waals surface area (Å²) in [5, 5.41) is 0.488. The molecule has 0 aromatic heterocycles. The van der Waals surface area contributed by atoms with E-state index in [1.54, 1.807) is 0 Å². The third-order valence-corrected chi connectivity index (χ3v) is 3.64. The van der Waals surface area contributed by atoms with E-state index in [0.29, 0.717) is 10.6 Å². The number of hydrogen-bond acceptors (Lipinski definition) is 2. The summed E-state index contributed by atoms with van der Waals surface area (Å²) in [5.74, 6) is 5.28. The molecule has 0 spiro atoms. The summed E-state index contributed by atoms with van der Waals surface area (Å²) < 4.78 is 13.4. The molecule has 2 rings (SSSR count). The Bertz CT molecular complexity index is 599. The quantitative estimate of drug-likeness (QED) is 0.664. The van der Waals surface area contributed by atoms with E-state index in [4.69, 9.17) is 17.4 Å². The second-order valence-corrected chi connectivity index (χ2v) is 5.02. The van der Waals surface area contributed by atoms with Crippen LogP contribution in [0.5, 0.6) is 0 Å². The number of nitrogens with two attached hydrogens (primary N) is 1. The van der Waals surface area contributed by atoms with Crippen LogP contribution in [0.3, 0.4) is 0 Å². The Morgan fingerprint density at radius 3 is 2.47 bits per heavy atom. The largest absolute Gasteiger partial charge is 0.271 e. The Kier molecular flexibility index (Phi) is 4.20. The Hall–Kier alpha value is -1.42. The van der Waals surface area contributed by atoms with Crippen LogP contribution in [-0.2, 0) is 0 Å². The molecule has 0 bridgehead atoms. The predicted molar refractivity (Wildman–Crippen MR) is 76.5 cm³/mol. The molecular formula is C15H16ClFN2. The molecular weight excluding hydrogens is 263 g/mol. The third-order valence-electron chi connectivity index (χ3n) is 3.30. The zero-order valence-electron chi connectivity index (χ0n) is 10.9. The molecule has 1 atom stereocenters. The summed E-state index contributed by atoms with van der Waals surface area (Å²) in [4.78, 5) is 0. The van der Waals surface area contributed by atoms with Gasteiger partial charge in [0.1, 0.15) is 5.82 Å². The molecule has 19 heavy (non-hydrogen) atoms. The van der Waals surface area contributed by atoms with Crippen molar-refractivity contribution in [3.63, 3.8) is 0 Å². The minimum atomic E-state index is -0.331. The average Bonchev–Trinajstić information content (AvgIpc) is 2.38. The van der Waals surface area contributed by atoms with Gasteiger partial charge in [-0.25, -0.2) is 9.82 Å². The van der Waals surface area contributed by atoms with Gasteiger partial charge in [0.05, 0.1) is 6.04 Å². The van der Waals surface area contributed by atoms with Gasteiger partial charge in [-0.3, -0.25) is 5.84 Å². The molecule has 0 aliphatic heterocycles. The highest BCUT2D eigenvalue weighted by atomic mass is 35.5. The lowest BCUT2D eigenvalue weighted by Crippen LogP contribution is -2.29. The highest BCUT2D eigenvalue weighted by molar-refractivity contribution is 6.31. The minimum Gasteiger partial charge on any atom is -0.271 e. The Morgan fingerprint density at radius 1 is 1.11 bits per heavy atom. The van der Waals surface area contributed by atoms with Crippen molar-refractivity contribution in [2.24, 2.45) is 5.84 Å². The van der Waals surface area contributed by atoms with Gasteiger partial charge in [0.2, 0.25) is 0 Å². The fourth-order valence-electron chi connectivity index (χ4n) is 2.05. The van der Waals surface area contributed by atoms with Gasteiger partial charge >= 0.3 is 0 Å². The standard InChI is InChI=1S/C15H16ClFN2/c1-9-3-4-11(7-10(9)2)15(19-18)13-8-12(17)5-6-14(13)16/h3-8,15,19H,18H2,1-2H3. The highest BCUT2D eigenvalue weighted by Gasteiger charge is 2.16. The molecule has 1 unspecified atom stereocenters. The molecule has 4 heteroatoms. The van der Waals surface area contributed by atoms with Crippen molar-refractivity contribution in [1.82, 2.24) is 5.43 Å². The SMILES string of the molecule is Cc1ccc(C(NN)c2cc(F)ccc2Cl)cc1C. The van der Waals surface area contributed by atoms with Crippen LogP contribution in [0, 0.1) is 19.7 Å². The molecule has 2 nitrogen and oxygen atoms in total. The summed E-state index contributed by atoms with van der Waals surface area (Å²) in [5.41, 5.74) is 6.64. The van der Waals surface area contributed by atoms with Gasteiger partial charge in [0.25, 0.3) is 0 Å². The van der Waals surface area contributed by atoms with E-state index < -0.39 is 0 Å². The van der Waals surface area contributed by atoms with Gasteiger partial charge in [-0.1, -0.05) is 29.8 Å². The molecule has 0 heterocycles. The van der Waals surface area contributed by atoms with E-state index in [1.165, 1.54) is 23.8 Å². The highest BCUT2D eigenvalue weighted by Crippen LogP contribution is 2.29. The minimum absolute atomic E-state index is 0.330. The monoisotopic (exact) mass is 278 g/mol. The maximum Gasteiger partial charge on any atom is 0.123 e. The molecule has 3 N–H and O–H groups in total. The number of hydrazine groups is 1. The van der Waals surface area contributed by atoms with Gasteiger partial charge < -0.3 is 0 Å². The number of nitrogens with one attached hydrogen (secondary N) is 1. The molecule has 0 amide bonds. The van der Waals surface area contributed by atoms with Crippen molar-refractivity contribution >= 4 is 11.6 Å². The van der Waals surface area contributed by atoms with E-state index in [-0.39, 0.29) is 11.9 Å². The van der Waals surface area contributed by atoms with Gasteiger partial charge in [0.15, 0.2) is 0 Å². The molecule has 2 aromatic rings. The first-order valence-electron chi connectivity index (χ1n) is 6.01. The lowest BCUT2D eigenvalue weighted by atomic mass is 9.96. The van der Waals surface area contributed by atoms with Crippen molar-refractivity contribution < 1.29 is 4.39 Å². The van der Waals surface area contributed by atoms with Gasteiger partial charge in [-0.2, -0.15) is 0 Å². The molecule has 0 aliphatic rings. The van der Waals surface area contributed by atoms with Crippen LogP contribution in [0.25, 0.3) is 0 Å². The zero-order valence-corrected chi connectivity index (χ0v) is 11.6. The summed E-state index contributed by atoms with van der Waals surface area (Å²) in [6.45, 7) is 4.07.